The molecular formula is C22H48N6Si2. The van der Waals surface area contributed by atoms with Crippen LogP contribution >= 0.6 is 0 Å². The number of piperazine rings is 3. The normalized spacial score (nSPS) is 25.4. The first kappa shape index (κ1) is 24.6. The van der Waals surface area contributed by atoms with Gasteiger partial charge in [-0.2, -0.15) is 0 Å². The summed E-state index contributed by atoms with van der Waals surface area (Å²) >= 11 is 0. The lowest BCUT2D eigenvalue weighted by atomic mass is 10.4. The molecule has 0 radical (unpaired) electrons. The quantitative estimate of drug-likeness (QED) is 0.393. The predicted molar refractivity (Wildman–Crippen MR) is 135 cm³/mol. The third-order valence-electron chi connectivity index (χ3n) is 7.55. The first-order valence-corrected chi connectivity index (χ1v) is 16.2. The van der Waals surface area contributed by atoms with Crippen molar-refractivity contribution in [2.75, 3.05) is 99.7 Å². The van der Waals surface area contributed by atoms with Gasteiger partial charge in [-0.1, -0.05) is 18.0 Å². The van der Waals surface area contributed by atoms with Crippen LogP contribution in [0, 0.1) is 0 Å². The largest absolute Gasteiger partial charge is 0.304 e. The zero-order valence-corrected chi connectivity index (χ0v) is 23.0. The van der Waals surface area contributed by atoms with Gasteiger partial charge in [-0.3, -0.25) is 13.7 Å². The lowest BCUT2D eigenvalue weighted by molar-refractivity contribution is 0.120. The van der Waals surface area contributed by atoms with Crippen LogP contribution in [-0.2, 0) is 0 Å². The van der Waals surface area contributed by atoms with Crippen molar-refractivity contribution in [2.24, 2.45) is 0 Å². The molecule has 3 rings (SSSR count). The fourth-order valence-electron chi connectivity index (χ4n) is 5.47. The minimum atomic E-state index is -1.84. The standard InChI is InChI=1S/C22H48N6Si2/c1-22(2)21-29-19-6-20-30(26-13-7-23(3)8-14-26,27-15-9-24(4)10-16-27)28-17-11-25(5)12-18-28/h21H,6-20,29H2,1-5H3. The first-order valence-electron chi connectivity index (χ1n) is 12.4. The molecule has 0 saturated carbocycles. The van der Waals surface area contributed by atoms with Crippen LogP contribution in [0.2, 0.25) is 12.1 Å². The maximum Gasteiger partial charge on any atom is 0.289 e. The number of likely N-dealkylation sites (N-methyl/N-ethyl adjacent to an activating group) is 3. The number of hydrogen-bond acceptors (Lipinski definition) is 6. The molecule has 3 heterocycles. The van der Waals surface area contributed by atoms with E-state index in [1.807, 2.05) is 0 Å². The number of rotatable bonds is 8. The van der Waals surface area contributed by atoms with Gasteiger partial charge in [0, 0.05) is 88.1 Å². The van der Waals surface area contributed by atoms with E-state index in [-0.39, 0.29) is 9.52 Å². The van der Waals surface area contributed by atoms with Gasteiger partial charge in [-0.05, 0) is 41.0 Å². The zero-order chi connectivity index (χ0) is 21.6. The lowest BCUT2D eigenvalue weighted by Gasteiger charge is -2.58. The Morgan fingerprint density at radius 2 is 1.03 bits per heavy atom. The average Bonchev–Trinajstić information content (AvgIpc) is 2.73. The molecule has 0 unspecified atom stereocenters. The van der Waals surface area contributed by atoms with Crippen LogP contribution in [0.25, 0.3) is 0 Å². The van der Waals surface area contributed by atoms with E-state index in [9.17, 15) is 0 Å². The summed E-state index contributed by atoms with van der Waals surface area (Å²) < 4.78 is 9.10. The van der Waals surface area contributed by atoms with E-state index in [0.717, 1.165) is 0 Å². The molecular weight excluding hydrogens is 404 g/mol. The Morgan fingerprint density at radius 1 is 0.667 bits per heavy atom. The van der Waals surface area contributed by atoms with Crippen LogP contribution in [-0.4, -0.2) is 146 Å². The SMILES string of the molecule is CC(C)=C[SiH2]CCC[Si](N1CCN(C)CC1)(N1CCN(C)CC1)N1CCN(C)CC1. The summed E-state index contributed by atoms with van der Waals surface area (Å²) in [5, 5.41) is 0. The van der Waals surface area contributed by atoms with E-state index in [4.69, 9.17) is 0 Å². The lowest BCUT2D eigenvalue weighted by Crippen LogP contribution is -2.80. The van der Waals surface area contributed by atoms with E-state index in [1.165, 1.54) is 103 Å². The topological polar surface area (TPSA) is 19.4 Å². The monoisotopic (exact) mass is 452 g/mol. The van der Waals surface area contributed by atoms with Gasteiger partial charge >= 0.3 is 0 Å². The van der Waals surface area contributed by atoms with Crippen LogP contribution in [0.15, 0.2) is 11.3 Å². The summed E-state index contributed by atoms with van der Waals surface area (Å²) in [6.07, 6.45) is 1.44. The molecule has 3 fully saturated rings. The summed E-state index contributed by atoms with van der Waals surface area (Å²) in [4.78, 5) is 7.60. The summed E-state index contributed by atoms with van der Waals surface area (Å²) in [5.41, 5.74) is 4.10. The molecule has 3 aliphatic rings. The van der Waals surface area contributed by atoms with Crippen molar-refractivity contribution in [1.82, 2.24) is 28.4 Å². The summed E-state index contributed by atoms with van der Waals surface area (Å²) in [6, 6.07) is 2.93. The molecule has 30 heavy (non-hydrogen) atoms. The average molecular weight is 453 g/mol. The summed E-state index contributed by atoms with van der Waals surface area (Å²) in [6.45, 7) is 19.6. The summed E-state index contributed by atoms with van der Waals surface area (Å²) in [5.74, 6) is 0. The molecule has 0 N–H and O–H groups in total. The minimum absolute atomic E-state index is 0.0358. The van der Waals surface area contributed by atoms with Gasteiger partial charge < -0.3 is 14.7 Å². The molecule has 3 saturated heterocycles. The molecule has 0 aliphatic carbocycles. The Kier molecular flexibility index (Phi) is 9.58. The molecule has 0 spiro atoms. The maximum atomic E-state index is 3.03. The second-order valence-electron chi connectivity index (χ2n) is 10.2. The van der Waals surface area contributed by atoms with Crippen molar-refractivity contribution < 1.29 is 0 Å². The Balaban J connectivity index is 1.82. The first-order chi connectivity index (χ1) is 14.4. The molecule has 3 aliphatic heterocycles. The number of hydrogen-bond donors (Lipinski definition) is 0. The Hall–Kier alpha value is -0.0662. The molecule has 174 valence electrons. The fraction of sp³-hybridized carbons (Fsp3) is 0.909. The van der Waals surface area contributed by atoms with Gasteiger partial charge in [-0.25, -0.2) is 0 Å². The third-order valence-corrected chi connectivity index (χ3v) is 15.0. The number of nitrogens with zero attached hydrogens (tertiary/aromatic N) is 6. The van der Waals surface area contributed by atoms with Crippen LogP contribution in [0.1, 0.15) is 20.3 Å². The molecule has 0 aromatic carbocycles. The maximum absolute atomic E-state index is 3.03. The Labute approximate surface area is 189 Å². The summed E-state index contributed by atoms with van der Waals surface area (Å²) in [7, 11) is 5.04. The number of allylic oxidation sites excluding steroid dienone is 1. The van der Waals surface area contributed by atoms with Gasteiger partial charge in [0.1, 0.15) is 0 Å². The Bertz CT molecular complexity index is 477. The van der Waals surface area contributed by atoms with Crippen LogP contribution < -0.4 is 0 Å². The van der Waals surface area contributed by atoms with E-state index < -0.39 is 8.56 Å². The van der Waals surface area contributed by atoms with Gasteiger partial charge in [0.05, 0.1) is 0 Å². The van der Waals surface area contributed by atoms with Crippen LogP contribution in [0.5, 0.6) is 0 Å². The molecule has 0 atom stereocenters. The highest BCUT2D eigenvalue weighted by molar-refractivity contribution is 6.72. The van der Waals surface area contributed by atoms with E-state index in [2.05, 4.69) is 69.1 Å². The highest BCUT2D eigenvalue weighted by atomic mass is 28.4. The molecule has 0 aromatic rings. The van der Waals surface area contributed by atoms with Gasteiger partial charge in [-0.15, -0.1) is 5.70 Å². The minimum Gasteiger partial charge on any atom is -0.304 e. The second-order valence-corrected chi connectivity index (χ2v) is 15.8. The molecule has 0 aromatic heterocycles. The van der Waals surface area contributed by atoms with Gasteiger partial charge in [0.2, 0.25) is 0 Å². The molecule has 8 heteroatoms. The van der Waals surface area contributed by atoms with Crippen molar-refractivity contribution in [3.8, 4) is 0 Å². The molecule has 6 nitrogen and oxygen atoms in total. The van der Waals surface area contributed by atoms with Crippen LogP contribution in [0.4, 0.5) is 0 Å². The highest BCUT2D eigenvalue weighted by Crippen LogP contribution is 2.30. The van der Waals surface area contributed by atoms with Crippen molar-refractivity contribution in [3.05, 3.63) is 11.3 Å². The highest BCUT2D eigenvalue weighted by Gasteiger charge is 2.52. The van der Waals surface area contributed by atoms with Crippen LogP contribution in [0.3, 0.4) is 0 Å². The second kappa shape index (κ2) is 11.7. The van der Waals surface area contributed by atoms with E-state index in [1.54, 1.807) is 0 Å². The molecule has 0 bridgehead atoms. The van der Waals surface area contributed by atoms with Gasteiger partial charge in [0.15, 0.2) is 0 Å². The zero-order valence-electron chi connectivity index (χ0n) is 20.6. The van der Waals surface area contributed by atoms with E-state index >= 15 is 0 Å². The fourth-order valence-corrected chi connectivity index (χ4v) is 12.9. The third kappa shape index (κ3) is 6.25. The van der Waals surface area contributed by atoms with E-state index in [0.29, 0.717) is 0 Å². The van der Waals surface area contributed by atoms with Gasteiger partial charge in [0.25, 0.3) is 8.56 Å². The molecule has 0 amide bonds. The van der Waals surface area contributed by atoms with Crippen molar-refractivity contribution in [2.45, 2.75) is 32.4 Å². The smallest absolute Gasteiger partial charge is 0.289 e. The van der Waals surface area contributed by atoms with Crippen molar-refractivity contribution in [1.29, 1.82) is 0 Å². The Morgan fingerprint density at radius 3 is 1.37 bits per heavy atom. The predicted octanol–water partition coefficient (Wildman–Crippen LogP) is 0.568. The van der Waals surface area contributed by atoms with Crippen molar-refractivity contribution >= 4 is 18.1 Å². The van der Waals surface area contributed by atoms with Crippen molar-refractivity contribution in [3.63, 3.8) is 0 Å².